The molecule has 2 heterocycles. The average molecular weight is 499 g/mol. The van der Waals surface area contributed by atoms with Crippen molar-refractivity contribution in [2.24, 2.45) is 0 Å². The summed E-state index contributed by atoms with van der Waals surface area (Å²) in [4.78, 5) is 33.0. The molecule has 1 fully saturated rings. The minimum Gasteiger partial charge on any atom is -0.507 e. The fourth-order valence-electron chi connectivity index (χ4n) is 4.59. The van der Waals surface area contributed by atoms with E-state index in [9.17, 15) is 14.7 Å². The number of aryl methyl sites for hydroxylation is 3. The molecule has 182 valence electrons. The molecular weight excluding hydrogens is 472 g/mol. The summed E-state index contributed by atoms with van der Waals surface area (Å²) >= 11 is 1.36. The van der Waals surface area contributed by atoms with Gasteiger partial charge < -0.3 is 9.84 Å². The van der Waals surface area contributed by atoms with E-state index in [2.05, 4.69) is 0 Å². The van der Waals surface area contributed by atoms with Crippen LogP contribution in [-0.4, -0.2) is 28.4 Å². The van der Waals surface area contributed by atoms with E-state index < -0.39 is 17.7 Å². The van der Waals surface area contributed by atoms with Crippen molar-refractivity contribution in [2.45, 2.75) is 33.7 Å². The molecule has 0 spiro atoms. The summed E-state index contributed by atoms with van der Waals surface area (Å²) in [6.45, 7) is 8.37. The molecule has 1 aliphatic rings. The van der Waals surface area contributed by atoms with Crippen LogP contribution in [0.25, 0.3) is 16.0 Å². The van der Waals surface area contributed by atoms with Gasteiger partial charge in [0.15, 0.2) is 5.13 Å². The molecule has 1 N–H and O–H groups in total. The quantitative estimate of drug-likeness (QED) is 0.200. The van der Waals surface area contributed by atoms with Crippen LogP contribution in [0, 0.1) is 20.8 Å². The summed E-state index contributed by atoms with van der Waals surface area (Å²) in [5.74, 6) is -0.971. The van der Waals surface area contributed by atoms with Crippen LogP contribution in [0.1, 0.15) is 40.8 Å². The first kappa shape index (κ1) is 23.8. The van der Waals surface area contributed by atoms with Gasteiger partial charge in [-0.1, -0.05) is 59.4 Å². The fraction of sp³-hybridized carbons (Fsp3) is 0.207. The van der Waals surface area contributed by atoms with E-state index in [1.165, 1.54) is 16.2 Å². The number of amides is 1. The Labute approximate surface area is 213 Å². The van der Waals surface area contributed by atoms with Gasteiger partial charge in [0.1, 0.15) is 11.5 Å². The Hall–Kier alpha value is -3.97. The topological polar surface area (TPSA) is 79.7 Å². The third-order valence-electron chi connectivity index (χ3n) is 6.30. The molecule has 1 amide bonds. The molecule has 4 aromatic rings. The highest BCUT2D eigenvalue weighted by Crippen LogP contribution is 2.45. The molecule has 0 saturated carbocycles. The Kier molecular flexibility index (Phi) is 6.10. The zero-order valence-corrected chi connectivity index (χ0v) is 21.3. The number of hydrogen-bond acceptors (Lipinski definition) is 6. The summed E-state index contributed by atoms with van der Waals surface area (Å²) in [5, 5.41) is 11.7. The maximum absolute atomic E-state index is 13.5. The minimum atomic E-state index is -0.830. The highest BCUT2D eigenvalue weighted by Gasteiger charge is 2.48. The van der Waals surface area contributed by atoms with Crippen LogP contribution in [0.2, 0.25) is 0 Å². The van der Waals surface area contributed by atoms with Gasteiger partial charge in [0.2, 0.25) is 0 Å². The number of ketones is 1. The van der Waals surface area contributed by atoms with E-state index in [-0.39, 0.29) is 11.3 Å². The van der Waals surface area contributed by atoms with Gasteiger partial charge in [0.05, 0.1) is 28.4 Å². The molecule has 1 atom stereocenters. The first-order valence-corrected chi connectivity index (χ1v) is 12.6. The monoisotopic (exact) mass is 498 g/mol. The van der Waals surface area contributed by atoms with E-state index >= 15 is 0 Å². The predicted octanol–water partition coefficient (Wildman–Crippen LogP) is 6.25. The molecule has 1 unspecified atom stereocenters. The number of aliphatic hydroxyl groups is 1. The molecule has 0 bridgehead atoms. The highest BCUT2D eigenvalue weighted by atomic mass is 32.1. The largest absolute Gasteiger partial charge is 0.507 e. The lowest BCUT2D eigenvalue weighted by Crippen LogP contribution is -2.29. The molecule has 1 saturated heterocycles. The number of hydrogen-bond donors (Lipinski definition) is 1. The van der Waals surface area contributed by atoms with Crippen molar-refractivity contribution >= 4 is 44.1 Å². The molecule has 7 heteroatoms. The maximum atomic E-state index is 13.5. The van der Waals surface area contributed by atoms with E-state index in [1.807, 2.05) is 64.1 Å². The Morgan fingerprint density at radius 3 is 2.36 bits per heavy atom. The molecule has 0 radical (unpaired) electrons. The van der Waals surface area contributed by atoms with Gasteiger partial charge in [0, 0.05) is 5.56 Å². The van der Waals surface area contributed by atoms with Crippen molar-refractivity contribution in [3.63, 3.8) is 0 Å². The average Bonchev–Trinajstić information content (AvgIpc) is 3.38. The van der Waals surface area contributed by atoms with Crippen LogP contribution >= 0.6 is 11.3 Å². The standard InChI is InChI=1S/C29H26N2O4S/c1-5-35-21-12-10-19(11-13-21)25-23(26(32)20-8-6-16(2)7-9-20)27(33)28(34)31(25)29-30-24-18(4)14-17(3)15-22(24)36-29/h6-15,25,32H,5H2,1-4H3. The van der Waals surface area contributed by atoms with E-state index in [0.29, 0.717) is 28.6 Å². The van der Waals surface area contributed by atoms with Gasteiger partial charge in [-0.3, -0.25) is 14.5 Å². The lowest BCUT2D eigenvalue weighted by Gasteiger charge is -2.23. The Balaban J connectivity index is 1.71. The van der Waals surface area contributed by atoms with E-state index in [1.54, 1.807) is 24.3 Å². The molecule has 3 aromatic carbocycles. The lowest BCUT2D eigenvalue weighted by atomic mass is 9.95. The van der Waals surface area contributed by atoms with Crippen molar-refractivity contribution in [3.8, 4) is 5.75 Å². The van der Waals surface area contributed by atoms with Gasteiger partial charge in [-0.15, -0.1) is 0 Å². The third-order valence-corrected chi connectivity index (χ3v) is 7.30. The number of carbonyl (C=O) groups excluding carboxylic acids is 2. The molecule has 36 heavy (non-hydrogen) atoms. The van der Waals surface area contributed by atoms with Crippen molar-refractivity contribution < 1.29 is 19.4 Å². The second-order valence-corrected chi connectivity index (χ2v) is 9.97. The van der Waals surface area contributed by atoms with Crippen LogP contribution in [0.4, 0.5) is 5.13 Å². The lowest BCUT2D eigenvalue weighted by molar-refractivity contribution is -0.132. The number of nitrogens with zero attached hydrogens (tertiary/aromatic N) is 2. The number of ether oxygens (including phenoxy) is 1. The van der Waals surface area contributed by atoms with Gasteiger partial charge in [-0.2, -0.15) is 0 Å². The molecule has 0 aliphatic carbocycles. The summed E-state index contributed by atoms with van der Waals surface area (Å²) in [6.07, 6.45) is 0. The summed E-state index contributed by atoms with van der Waals surface area (Å²) in [5.41, 5.74) is 5.12. The first-order valence-electron chi connectivity index (χ1n) is 11.8. The van der Waals surface area contributed by atoms with Crippen LogP contribution < -0.4 is 9.64 Å². The van der Waals surface area contributed by atoms with Gasteiger partial charge in [-0.05, 0) is 62.6 Å². The zero-order valence-electron chi connectivity index (χ0n) is 20.5. The van der Waals surface area contributed by atoms with Gasteiger partial charge in [-0.25, -0.2) is 4.98 Å². The number of carbonyl (C=O) groups is 2. The van der Waals surface area contributed by atoms with Gasteiger partial charge >= 0.3 is 5.91 Å². The summed E-state index contributed by atoms with van der Waals surface area (Å²) < 4.78 is 6.52. The Morgan fingerprint density at radius 1 is 1.00 bits per heavy atom. The van der Waals surface area contributed by atoms with Crippen molar-refractivity contribution in [2.75, 3.05) is 11.5 Å². The zero-order chi connectivity index (χ0) is 25.6. The summed E-state index contributed by atoms with van der Waals surface area (Å²) in [6, 6.07) is 17.7. The van der Waals surface area contributed by atoms with E-state index in [4.69, 9.17) is 9.72 Å². The number of aromatic nitrogens is 1. The van der Waals surface area contributed by atoms with E-state index in [0.717, 1.165) is 26.9 Å². The van der Waals surface area contributed by atoms with Crippen molar-refractivity contribution in [1.82, 2.24) is 4.98 Å². The normalized spacial score (nSPS) is 17.2. The highest BCUT2D eigenvalue weighted by molar-refractivity contribution is 7.22. The number of aliphatic hydroxyl groups excluding tert-OH is 1. The first-order chi connectivity index (χ1) is 17.3. The maximum Gasteiger partial charge on any atom is 0.301 e. The van der Waals surface area contributed by atoms with Crippen LogP contribution in [0.15, 0.2) is 66.2 Å². The van der Waals surface area contributed by atoms with Crippen molar-refractivity contribution in [1.29, 1.82) is 0 Å². The minimum absolute atomic E-state index is 0.0418. The number of rotatable bonds is 5. The Morgan fingerprint density at radius 2 is 1.69 bits per heavy atom. The number of anilines is 1. The number of thiazole rings is 1. The van der Waals surface area contributed by atoms with Crippen LogP contribution in [0.5, 0.6) is 5.75 Å². The number of benzene rings is 3. The molecule has 1 aliphatic heterocycles. The second kappa shape index (κ2) is 9.24. The third kappa shape index (κ3) is 4.05. The number of Topliss-reactive ketones (excluding diaryl/α,β-unsaturated/α-hetero) is 1. The Bertz CT molecular complexity index is 1520. The fourth-order valence-corrected chi connectivity index (χ4v) is 5.76. The SMILES string of the molecule is CCOc1ccc(C2C(=C(O)c3ccc(C)cc3)C(=O)C(=O)N2c2nc3c(C)cc(C)cc3s2)cc1. The van der Waals surface area contributed by atoms with Crippen molar-refractivity contribution in [3.05, 3.63) is 94.1 Å². The summed E-state index contributed by atoms with van der Waals surface area (Å²) in [7, 11) is 0. The molecule has 1 aromatic heterocycles. The van der Waals surface area contributed by atoms with Gasteiger partial charge in [0.25, 0.3) is 5.78 Å². The second-order valence-electron chi connectivity index (χ2n) is 8.96. The smallest absolute Gasteiger partial charge is 0.301 e. The molecule has 6 nitrogen and oxygen atoms in total. The predicted molar refractivity (Wildman–Crippen MR) is 143 cm³/mol. The van der Waals surface area contributed by atoms with Crippen LogP contribution in [0.3, 0.4) is 0 Å². The molecule has 5 rings (SSSR count). The van der Waals surface area contributed by atoms with Crippen LogP contribution in [-0.2, 0) is 9.59 Å². The molecular formula is C29H26N2O4S. The number of fused-ring (bicyclic) bond motifs is 1.